The Morgan fingerprint density at radius 1 is 1.88 bits per heavy atom. The Hall–Kier alpha value is -0.830. The lowest BCUT2D eigenvalue weighted by molar-refractivity contribution is 0.162. The van der Waals surface area contributed by atoms with Crippen LogP contribution in [0.25, 0.3) is 0 Å². The van der Waals surface area contributed by atoms with Crippen molar-refractivity contribution >= 4 is 6.21 Å². The van der Waals surface area contributed by atoms with Gasteiger partial charge < -0.3 is 10.4 Å². The molecular weight excluding hydrogens is 104 g/mol. The van der Waals surface area contributed by atoms with E-state index in [4.69, 9.17) is 5.11 Å². The largest absolute Gasteiger partial charge is 0.355 e. The predicted molar refractivity (Wildman–Crippen MR) is 31.4 cm³/mol. The quantitative estimate of drug-likeness (QED) is 0.457. The first-order valence-corrected chi connectivity index (χ1v) is 2.43. The van der Waals surface area contributed by atoms with Crippen LogP contribution in [0, 0.1) is 0 Å². The lowest BCUT2D eigenvalue weighted by Gasteiger charge is -2.09. The highest BCUT2D eigenvalue weighted by molar-refractivity contribution is 5.78. The third kappa shape index (κ3) is 1.07. The molecule has 3 nitrogen and oxygen atoms in total. The number of allylic oxidation sites excluding steroid dienone is 1. The first-order valence-electron chi connectivity index (χ1n) is 2.43. The van der Waals surface area contributed by atoms with Crippen molar-refractivity contribution in [1.29, 1.82) is 0 Å². The maximum absolute atomic E-state index is 8.67. The summed E-state index contributed by atoms with van der Waals surface area (Å²) in [5.41, 5.74) is 1.02. The molecule has 1 rings (SSSR count). The number of aliphatic hydroxyl groups is 1. The normalized spacial score (nSPS) is 26.8. The van der Waals surface area contributed by atoms with E-state index in [1.54, 1.807) is 12.4 Å². The van der Waals surface area contributed by atoms with Gasteiger partial charge in [-0.2, -0.15) is 0 Å². The van der Waals surface area contributed by atoms with Crippen LogP contribution in [0.2, 0.25) is 0 Å². The number of nitrogens with one attached hydrogen (secondary N) is 1. The maximum Gasteiger partial charge on any atom is 0.222 e. The Balaban J connectivity index is 2.58. The summed E-state index contributed by atoms with van der Waals surface area (Å²) in [6.07, 6.45) is 2.61. The van der Waals surface area contributed by atoms with E-state index in [2.05, 4.69) is 10.3 Å². The molecule has 0 saturated heterocycles. The molecule has 1 atom stereocenters. The molecule has 2 N–H and O–H groups in total. The Morgan fingerprint density at radius 3 is 3.00 bits per heavy atom. The second-order valence-corrected chi connectivity index (χ2v) is 1.71. The molecule has 1 aliphatic heterocycles. The van der Waals surface area contributed by atoms with Gasteiger partial charge in [0.1, 0.15) is 0 Å². The summed E-state index contributed by atoms with van der Waals surface area (Å²) in [6, 6.07) is 0. The molecule has 1 heterocycles. The lowest BCUT2D eigenvalue weighted by atomic mass is 10.3. The Labute approximate surface area is 47.7 Å². The summed E-state index contributed by atoms with van der Waals surface area (Å²) in [6.45, 7) is 1.91. The number of aliphatic hydroxyl groups excluding tert-OH is 1. The molecule has 0 aromatic rings. The van der Waals surface area contributed by atoms with Crippen LogP contribution in [0.3, 0.4) is 0 Å². The summed E-state index contributed by atoms with van der Waals surface area (Å²) in [4.78, 5) is 3.66. The Morgan fingerprint density at radius 2 is 2.62 bits per heavy atom. The zero-order valence-electron chi connectivity index (χ0n) is 4.63. The Kier molecular flexibility index (Phi) is 1.30. The number of aliphatic imine (C=N–C) groups is 1. The molecule has 0 aromatic heterocycles. The summed E-state index contributed by atoms with van der Waals surface area (Å²) in [5, 5.41) is 11.3. The van der Waals surface area contributed by atoms with Crippen molar-refractivity contribution in [2.45, 2.75) is 13.3 Å². The summed E-state index contributed by atoms with van der Waals surface area (Å²) in [5.74, 6) is 0. The molecule has 0 amide bonds. The molecule has 0 radical (unpaired) electrons. The van der Waals surface area contributed by atoms with Crippen molar-refractivity contribution in [2.24, 2.45) is 4.99 Å². The highest BCUT2D eigenvalue weighted by Crippen LogP contribution is 1.92. The summed E-state index contributed by atoms with van der Waals surface area (Å²) in [7, 11) is 0. The topological polar surface area (TPSA) is 44.6 Å². The smallest absolute Gasteiger partial charge is 0.222 e. The predicted octanol–water partition coefficient (Wildman–Crippen LogP) is -0.160. The van der Waals surface area contributed by atoms with Crippen LogP contribution in [-0.2, 0) is 0 Å². The van der Waals surface area contributed by atoms with Gasteiger partial charge in [0.25, 0.3) is 0 Å². The molecule has 0 aromatic carbocycles. The standard InChI is InChI=1S/C5H8N2O/c1-4-2-6-5(8)7-3-4/h2-3,5-6,8H,1H3. The molecule has 1 unspecified atom stereocenters. The fourth-order valence-corrected chi connectivity index (χ4v) is 0.474. The molecule has 8 heavy (non-hydrogen) atoms. The average Bonchev–Trinajstić information content (AvgIpc) is 1.77. The van der Waals surface area contributed by atoms with Crippen LogP contribution in [0.1, 0.15) is 6.92 Å². The fraction of sp³-hybridized carbons (Fsp3) is 0.400. The molecule has 0 saturated carbocycles. The van der Waals surface area contributed by atoms with Gasteiger partial charge in [0.15, 0.2) is 0 Å². The van der Waals surface area contributed by atoms with Crippen molar-refractivity contribution in [2.75, 3.05) is 0 Å². The minimum absolute atomic E-state index is 0.737. The van der Waals surface area contributed by atoms with Gasteiger partial charge in [-0.05, 0) is 12.5 Å². The van der Waals surface area contributed by atoms with Crippen LogP contribution < -0.4 is 5.32 Å². The SMILES string of the molecule is CC1=CNC(O)N=C1. The molecular formula is C5H8N2O. The van der Waals surface area contributed by atoms with Crippen molar-refractivity contribution in [3.8, 4) is 0 Å². The van der Waals surface area contributed by atoms with E-state index in [-0.39, 0.29) is 0 Å². The minimum Gasteiger partial charge on any atom is -0.355 e. The zero-order chi connectivity index (χ0) is 5.98. The minimum atomic E-state index is -0.737. The molecule has 0 spiro atoms. The third-order valence-electron chi connectivity index (χ3n) is 0.879. The van der Waals surface area contributed by atoms with E-state index >= 15 is 0 Å². The van der Waals surface area contributed by atoms with Gasteiger partial charge in [0.2, 0.25) is 6.35 Å². The van der Waals surface area contributed by atoms with E-state index in [0.29, 0.717) is 0 Å². The number of nitrogens with zero attached hydrogens (tertiary/aromatic N) is 1. The number of hydrogen-bond donors (Lipinski definition) is 2. The van der Waals surface area contributed by atoms with E-state index in [1.165, 1.54) is 0 Å². The molecule has 1 aliphatic rings. The fourth-order valence-electron chi connectivity index (χ4n) is 0.474. The first-order chi connectivity index (χ1) is 3.79. The third-order valence-corrected chi connectivity index (χ3v) is 0.879. The summed E-state index contributed by atoms with van der Waals surface area (Å²) < 4.78 is 0. The molecule has 0 fully saturated rings. The number of hydrogen-bond acceptors (Lipinski definition) is 3. The van der Waals surface area contributed by atoms with Crippen LogP contribution in [0.15, 0.2) is 16.8 Å². The lowest BCUT2D eigenvalue weighted by Crippen LogP contribution is -2.24. The maximum atomic E-state index is 8.67. The van der Waals surface area contributed by atoms with Crippen LogP contribution >= 0.6 is 0 Å². The monoisotopic (exact) mass is 112 g/mol. The van der Waals surface area contributed by atoms with E-state index in [1.807, 2.05) is 6.92 Å². The van der Waals surface area contributed by atoms with Gasteiger partial charge in [-0.3, -0.25) is 0 Å². The second-order valence-electron chi connectivity index (χ2n) is 1.71. The molecule has 0 bridgehead atoms. The van der Waals surface area contributed by atoms with Gasteiger partial charge in [0.05, 0.1) is 0 Å². The van der Waals surface area contributed by atoms with Crippen molar-refractivity contribution in [1.82, 2.24) is 5.32 Å². The van der Waals surface area contributed by atoms with Gasteiger partial charge in [-0.15, -0.1) is 0 Å². The van der Waals surface area contributed by atoms with Crippen molar-refractivity contribution in [3.05, 3.63) is 11.8 Å². The molecule has 44 valence electrons. The van der Waals surface area contributed by atoms with Crippen molar-refractivity contribution < 1.29 is 5.11 Å². The zero-order valence-corrected chi connectivity index (χ0v) is 4.63. The van der Waals surface area contributed by atoms with Gasteiger partial charge in [-0.1, -0.05) is 0 Å². The van der Waals surface area contributed by atoms with E-state index in [9.17, 15) is 0 Å². The van der Waals surface area contributed by atoms with Crippen LogP contribution in [-0.4, -0.2) is 17.7 Å². The van der Waals surface area contributed by atoms with Gasteiger partial charge in [0, 0.05) is 12.4 Å². The van der Waals surface area contributed by atoms with Gasteiger partial charge in [-0.25, -0.2) is 4.99 Å². The van der Waals surface area contributed by atoms with Gasteiger partial charge >= 0.3 is 0 Å². The van der Waals surface area contributed by atoms with E-state index < -0.39 is 6.35 Å². The Bertz CT molecular complexity index is 139. The molecule has 3 heteroatoms. The number of rotatable bonds is 0. The molecule has 0 aliphatic carbocycles. The van der Waals surface area contributed by atoms with Crippen LogP contribution in [0.5, 0.6) is 0 Å². The second kappa shape index (κ2) is 1.96. The first kappa shape index (κ1) is 5.31. The summed E-state index contributed by atoms with van der Waals surface area (Å²) >= 11 is 0. The van der Waals surface area contributed by atoms with Crippen molar-refractivity contribution in [3.63, 3.8) is 0 Å². The average molecular weight is 112 g/mol. The van der Waals surface area contributed by atoms with Crippen LogP contribution in [0.4, 0.5) is 0 Å². The van der Waals surface area contributed by atoms with E-state index in [0.717, 1.165) is 5.57 Å². The highest BCUT2D eigenvalue weighted by atomic mass is 16.3. The highest BCUT2D eigenvalue weighted by Gasteiger charge is 1.98.